The number of β-lactam (4-membered cyclic amide) rings is 1. The van der Waals surface area contributed by atoms with Crippen LogP contribution in [0.15, 0.2) is 42.5 Å². The quantitative estimate of drug-likeness (QED) is 0.409. The van der Waals surface area contributed by atoms with E-state index in [1.54, 1.807) is 12.1 Å². The van der Waals surface area contributed by atoms with Gasteiger partial charge in [-0.05, 0) is 17.7 Å². The van der Waals surface area contributed by atoms with Gasteiger partial charge in [0.05, 0.1) is 33.1 Å². The van der Waals surface area contributed by atoms with E-state index in [9.17, 15) is 18.0 Å². The predicted molar refractivity (Wildman–Crippen MR) is 120 cm³/mol. The third-order valence-corrected chi connectivity index (χ3v) is 5.62. The minimum atomic E-state index is -3.62. The van der Waals surface area contributed by atoms with Gasteiger partial charge in [-0.15, -0.1) is 0 Å². The zero-order chi connectivity index (χ0) is 24.0. The molecule has 1 aliphatic rings. The van der Waals surface area contributed by atoms with Crippen LogP contribution in [0, 0.1) is 0 Å². The standard InChI is InChI=1S/C22H26N2O8S/c1-29-18-10-9-16(12-24-17(11-19(24)25)14-32-33(3,27)28)21(30-2)20(18)23-22(26)31-13-15-7-5-4-6-8-15/h4-10,17H,11-14H2,1-3H3,(H,23,26). The number of amides is 2. The monoisotopic (exact) mass is 478 g/mol. The van der Waals surface area contributed by atoms with Crippen molar-refractivity contribution in [3.05, 3.63) is 53.6 Å². The molecule has 0 saturated carbocycles. The Balaban J connectivity index is 1.75. The molecule has 0 aromatic heterocycles. The normalized spacial score (nSPS) is 15.5. The van der Waals surface area contributed by atoms with E-state index in [1.165, 1.54) is 19.1 Å². The van der Waals surface area contributed by atoms with Crippen molar-refractivity contribution in [2.24, 2.45) is 0 Å². The highest BCUT2D eigenvalue weighted by molar-refractivity contribution is 7.85. The van der Waals surface area contributed by atoms with Gasteiger partial charge in [-0.2, -0.15) is 8.42 Å². The fraction of sp³-hybridized carbons (Fsp3) is 0.364. The molecule has 0 bridgehead atoms. The molecule has 1 N–H and O–H groups in total. The smallest absolute Gasteiger partial charge is 0.412 e. The average molecular weight is 479 g/mol. The van der Waals surface area contributed by atoms with Gasteiger partial charge in [0.2, 0.25) is 5.91 Å². The lowest BCUT2D eigenvalue weighted by Gasteiger charge is -2.40. The molecule has 0 radical (unpaired) electrons. The summed E-state index contributed by atoms with van der Waals surface area (Å²) < 4.78 is 43.5. The molecule has 3 rings (SSSR count). The van der Waals surface area contributed by atoms with Crippen LogP contribution < -0.4 is 14.8 Å². The minimum Gasteiger partial charge on any atom is -0.494 e. The Morgan fingerprint density at radius 3 is 2.45 bits per heavy atom. The lowest BCUT2D eigenvalue weighted by molar-refractivity contribution is -0.148. The predicted octanol–water partition coefficient (Wildman–Crippen LogP) is 2.53. The number of benzene rings is 2. The van der Waals surface area contributed by atoms with Gasteiger partial charge in [-0.25, -0.2) is 4.79 Å². The van der Waals surface area contributed by atoms with E-state index in [1.807, 2.05) is 30.3 Å². The zero-order valence-corrected chi connectivity index (χ0v) is 19.4. The Morgan fingerprint density at radius 1 is 1.12 bits per heavy atom. The van der Waals surface area contributed by atoms with E-state index in [0.717, 1.165) is 11.8 Å². The second kappa shape index (κ2) is 10.5. The minimum absolute atomic E-state index is 0.0846. The fourth-order valence-electron chi connectivity index (χ4n) is 3.39. The summed E-state index contributed by atoms with van der Waals surface area (Å²) in [7, 11) is -0.735. The number of carbonyl (C=O) groups is 2. The van der Waals surface area contributed by atoms with Crippen LogP contribution in [0.2, 0.25) is 0 Å². The molecule has 2 amide bonds. The van der Waals surface area contributed by atoms with Crippen LogP contribution >= 0.6 is 0 Å². The number of methoxy groups -OCH3 is 2. The highest BCUT2D eigenvalue weighted by Gasteiger charge is 2.37. The van der Waals surface area contributed by atoms with Gasteiger partial charge in [0.15, 0.2) is 5.75 Å². The molecule has 0 aliphatic carbocycles. The summed E-state index contributed by atoms with van der Waals surface area (Å²) in [6.45, 7) is 0.0960. The van der Waals surface area contributed by atoms with Crippen LogP contribution in [0.4, 0.5) is 10.5 Å². The van der Waals surface area contributed by atoms with Crippen LogP contribution in [0.3, 0.4) is 0 Å². The largest absolute Gasteiger partial charge is 0.494 e. The summed E-state index contributed by atoms with van der Waals surface area (Å²) in [5.74, 6) is 0.499. The first-order valence-electron chi connectivity index (χ1n) is 10.1. The summed E-state index contributed by atoms with van der Waals surface area (Å²) in [5, 5.41) is 2.65. The highest BCUT2D eigenvalue weighted by Crippen LogP contribution is 2.39. The van der Waals surface area contributed by atoms with Gasteiger partial charge in [-0.3, -0.25) is 14.3 Å². The van der Waals surface area contributed by atoms with Gasteiger partial charge in [-0.1, -0.05) is 30.3 Å². The summed E-state index contributed by atoms with van der Waals surface area (Å²) in [4.78, 5) is 26.1. The van der Waals surface area contributed by atoms with E-state index in [-0.39, 0.29) is 43.8 Å². The van der Waals surface area contributed by atoms with Crippen LogP contribution in [-0.4, -0.2) is 58.4 Å². The second-order valence-electron chi connectivity index (χ2n) is 7.39. The number of rotatable bonds is 10. The third kappa shape index (κ3) is 6.36. The SMILES string of the molecule is COc1ccc(CN2C(=O)CC2COS(C)(=O)=O)c(OC)c1NC(=O)OCc1ccccc1. The van der Waals surface area contributed by atoms with Crippen molar-refractivity contribution in [2.45, 2.75) is 25.6 Å². The molecule has 10 nitrogen and oxygen atoms in total. The molecule has 0 spiro atoms. The van der Waals surface area contributed by atoms with Gasteiger partial charge >= 0.3 is 6.09 Å². The third-order valence-electron chi connectivity index (χ3n) is 5.05. The Bertz CT molecular complexity index is 1100. The average Bonchev–Trinajstić information content (AvgIpc) is 2.78. The Kier molecular flexibility index (Phi) is 7.77. The van der Waals surface area contributed by atoms with Gasteiger partial charge < -0.3 is 19.1 Å². The molecule has 1 heterocycles. The number of likely N-dealkylation sites (tertiary alicyclic amines) is 1. The van der Waals surface area contributed by atoms with Gasteiger partial charge in [0.1, 0.15) is 18.0 Å². The van der Waals surface area contributed by atoms with Crippen molar-refractivity contribution in [3.8, 4) is 11.5 Å². The Hall–Kier alpha value is -3.31. The molecule has 1 saturated heterocycles. The molecule has 11 heteroatoms. The zero-order valence-electron chi connectivity index (χ0n) is 18.6. The number of ether oxygens (including phenoxy) is 3. The number of anilines is 1. The van der Waals surface area contributed by atoms with E-state index >= 15 is 0 Å². The van der Waals surface area contributed by atoms with E-state index in [4.69, 9.17) is 18.4 Å². The Labute approximate surface area is 192 Å². The maximum absolute atomic E-state index is 12.4. The van der Waals surface area contributed by atoms with Crippen LogP contribution in [0.25, 0.3) is 0 Å². The van der Waals surface area contributed by atoms with E-state index < -0.39 is 16.2 Å². The molecular weight excluding hydrogens is 452 g/mol. The molecular formula is C22H26N2O8S. The molecule has 1 unspecified atom stereocenters. The van der Waals surface area contributed by atoms with Gasteiger partial charge in [0.25, 0.3) is 10.1 Å². The van der Waals surface area contributed by atoms with E-state index in [0.29, 0.717) is 17.1 Å². The molecule has 1 atom stereocenters. The molecule has 2 aromatic carbocycles. The number of hydrogen-bond acceptors (Lipinski definition) is 8. The van der Waals surface area contributed by atoms with Crippen molar-refractivity contribution in [2.75, 3.05) is 32.4 Å². The number of nitrogens with zero attached hydrogens (tertiary/aromatic N) is 1. The number of carbonyl (C=O) groups excluding carboxylic acids is 2. The van der Waals surface area contributed by atoms with E-state index in [2.05, 4.69) is 5.32 Å². The van der Waals surface area contributed by atoms with Crippen LogP contribution in [0.5, 0.6) is 11.5 Å². The fourth-order valence-corrected chi connectivity index (χ4v) is 3.79. The summed E-state index contributed by atoms with van der Waals surface area (Å²) in [6.07, 6.45) is 0.441. The maximum Gasteiger partial charge on any atom is 0.412 e. The molecule has 1 fully saturated rings. The number of hydrogen-bond donors (Lipinski definition) is 1. The summed E-state index contributed by atoms with van der Waals surface area (Å²) in [5.41, 5.74) is 1.68. The first kappa shape index (κ1) is 24.3. The van der Waals surface area contributed by atoms with Crippen LogP contribution in [-0.2, 0) is 37.0 Å². The number of nitrogens with one attached hydrogen (secondary N) is 1. The highest BCUT2D eigenvalue weighted by atomic mass is 32.2. The topological polar surface area (TPSA) is 120 Å². The Morgan fingerprint density at radius 2 is 1.85 bits per heavy atom. The van der Waals surface area contributed by atoms with Crippen LogP contribution in [0.1, 0.15) is 17.5 Å². The summed E-state index contributed by atoms with van der Waals surface area (Å²) in [6, 6.07) is 12.2. The first-order chi connectivity index (χ1) is 15.7. The van der Waals surface area contributed by atoms with Crippen molar-refractivity contribution < 1.29 is 36.4 Å². The van der Waals surface area contributed by atoms with Crippen molar-refractivity contribution in [1.82, 2.24) is 4.90 Å². The molecule has 178 valence electrons. The second-order valence-corrected chi connectivity index (χ2v) is 9.03. The first-order valence-corrected chi connectivity index (χ1v) is 11.9. The molecule has 1 aliphatic heterocycles. The van der Waals surface area contributed by atoms with Gasteiger partial charge in [0, 0.05) is 18.5 Å². The lowest BCUT2D eigenvalue weighted by Crippen LogP contribution is -2.54. The lowest BCUT2D eigenvalue weighted by atomic mass is 10.0. The molecule has 2 aromatic rings. The summed E-state index contributed by atoms with van der Waals surface area (Å²) >= 11 is 0. The maximum atomic E-state index is 12.4. The van der Waals surface area contributed by atoms with Crippen molar-refractivity contribution in [1.29, 1.82) is 0 Å². The van der Waals surface area contributed by atoms with Crippen molar-refractivity contribution in [3.63, 3.8) is 0 Å². The van der Waals surface area contributed by atoms with Crippen molar-refractivity contribution >= 4 is 27.8 Å². The molecule has 33 heavy (non-hydrogen) atoms.